The van der Waals surface area contributed by atoms with Gasteiger partial charge in [0, 0.05) is 5.38 Å². The van der Waals surface area contributed by atoms with Gasteiger partial charge in [-0.2, -0.15) is 0 Å². The first-order valence-electron chi connectivity index (χ1n) is 5.66. The van der Waals surface area contributed by atoms with E-state index in [1.807, 2.05) is 30.3 Å². The minimum atomic E-state index is -0.340. The highest BCUT2D eigenvalue weighted by atomic mass is 32.1. The van der Waals surface area contributed by atoms with Crippen LogP contribution in [0, 0.1) is 0 Å². The fraction of sp³-hybridized carbons (Fsp3) is 0.214. The average molecular weight is 262 g/mol. The Morgan fingerprint density at radius 2 is 2.00 bits per heavy atom. The minimum Gasteiger partial charge on any atom is -0.494 e. The summed E-state index contributed by atoms with van der Waals surface area (Å²) in [5.41, 5.74) is 1.53. The van der Waals surface area contributed by atoms with Crippen molar-refractivity contribution in [3.05, 3.63) is 41.3 Å². The Kier molecular flexibility index (Phi) is 3.99. The van der Waals surface area contributed by atoms with Gasteiger partial charge in [0.15, 0.2) is 5.75 Å². The second-order valence-electron chi connectivity index (χ2n) is 3.60. The smallest absolute Gasteiger partial charge is 0.342 e. The molecule has 0 fully saturated rings. The molecule has 0 atom stereocenters. The van der Waals surface area contributed by atoms with Crippen LogP contribution in [0.25, 0.3) is 10.4 Å². The lowest BCUT2D eigenvalue weighted by molar-refractivity contribution is 0.0523. The van der Waals surface area contributed by atoms with Crippen molar-refractivity contribution in [2.45, 2.75) is 6.92 Å². The molecule has 18 heavy (non-hydrogen) atoms. The highest BCUT2D eigenvalue weighted by Gasteiger charge is 2.20. The summed E-state index contributed by atoms with van der Waals surface area (Å²) in [5, 5.41) is 1.78. The highest BCUT2D eigenvalue weighted by molar-refractivity contribution is 7.14. The summed E-state index contributed by atoms with van der Waals surface area (Å²) in [5.74, 6) is 0.248. The molecule has 0 saturated carbocycles. The van der Waals surface area contributed by atoms with E-state index in [9.17, 15) is 4.79 Å². The van der Waals surface area contributed by atoms with Gasteiger partial charge in [0.2, 0.25) is 0 Å². The van der Waals surface area contributed by atoms with Crippen molar-refractivity contribution in [2.24, 2.45) is 0 Å². The first kappa shape index (κ1) is 12.6. The van der Waals surface area contributed by atoms with Crippen LogP contribution in [0.5, 0.6) is 5.75 Å². The molecule has 2 aromatic rings. The van der Waals surface area contributed by atoms with Gasteiger partial charge in [-0.05, 0) is 12.5 Å². The Morgan fingerprint density at radius 3 is 2.61 bits per heavy atom. The van der Waals surface area contributed by atoms with Gasteiger partial charge in [0.05, 0.1) is 18.6 Å². The number of carbonyl (C=O) groups is 1. The van der Waals surface area contributed by atoms with Gasteiger partial charge in [0.25, 0.3) is 0 Å². The molecule has 1 heterocycles. The molecule has 3 nitrogen and oxygen atoms in total. The third-order valence-corrected chi connectivity index (χ3v) is 3.49. The molecule has 0 N–H and O–H groups in total. The third kappa shape index (κ3) is 2.38. The SMILES string of the molecule is CCOC(=O)c1csc(-c2ccccc2)c1OC. The number of carbonyl (C=O) groups excluding carboxylic acids is 1. The number of benzene rings is 1. The van der Waals surface area contributed by atoms with Crippen molar-refractivity contribution in [3.63, 3.8) is 0 Å². The maximum atomic E-state index is 11.8. The first-order valence-corrected chi connectivity index (χ1v) is 6.54. The summed E-state index contributed by atoms with van der Waals surface area (Å²) < 4.78 is 10.4. The highest BCUT2D eigenvalue weighted by Crippen LogP contribution is 2.39. The molecule has 0 aliphatic carbocycles. The van der Waals surface area contributed by atoms with Crippen LogP contribution >= 0.6 is 11.3 Å². The maximum absolute atomic E-state index is 11.8. The Bertz CT molecular complexity index is 531. The van der Waals surface area contributed by atoms with Gasteiger partial charge in [-0.15, -0.1) is 11.3 Å². The number of thiophene rings is 1. The second kappa shape index (κ2) is 5.69. The molecule has 0 radical (unpaired) electrons. The van der Waals surface area contributed by atoms with Crippen molar-refractivity contribution in [1.29, 1.82) is 0 Å². The fourth-order valence-corrected chi connectivity index (χ4v) is 2.70. The monoisotopic (exact) mass is 262 g/mol. The van der Waals surface area contributed by atoms with E-state index in [-0.39, 0.29) is 5.97 Å². The van der Waals surface area contributed by atoms with Crippen LogP contribution in [0.15, 0.2) is 35.7 Å². The second-order valence-corrected chi connectivity index (χ2v) is 4.48. The summed E-state index contributed by atoms with van der Waals surface area (Å²) in [4.78, 5) is 12.7. The molecule has 1 aromatic carbocycles. The van der Waals surface area contributed by atoms with E-state index >= 15 is 0 Å². The van der Waals surface area contributed by atoms with Crippen LogP contribution in [0.4, 0.5) is 0 Å². The van der Waals surface area contributed by atoms with E-state index in [1.165, 1.54) is 11.3 Å². The molecule has 0 spiro atoms. The Hall–Kier alpha value is -1.81. The van der Waals surface area contributed by atoms with E-state index in [0.717, 1.165) is 10.4 Å². The zero-order chi connectivity index (χ0) is 13.0. The predicted molar refractivity (Wildman–Crippen MR) is 72.3 cm³/mol. The van der Waals surface area contributed by atoms with E-state index in [2.05, 4.69) is 0 Å². The van der Waals surface area contributed by atoms with Crippen molar-refractivity contribution < 1.29 is 14.3 Å². The van der Waals surface area contributed by atoms with E-state index in [1.54, 1.807) is 19.4 Å². The molecule has 4 heteroatoms. The van der Waals surface area contributed by atoms with Gasteiger partial charge in [0.1, 0.15) is 5.56 Å². The van der Waals surface area contributed by atoms with Gasteiger partial charge >= 0.3 is 5.97 Å². The van der Waals surface area contributed by atoms with Crippen LogP contribution in [-0.2, 0) is 4.74 Å². The molecule has 94 valence electrons. The first-order chi connectivity index (χ1) is 8.77. The number of hydrogen-bond donors (Lipinski definition) is 0. The van der Waals surface area contributed by atoms with Gasteiger partial charge < -0.3 is 9.47 Å². The summed E-state index contributed by atoms with van der Waals surface area (Å²) in [6.07, 6.45) is 0. The van der Waals surface area contributed by atoms with Crippen LogP contribution in [-0.4, -0.2) is 19.7 Å². The lowest BCUT2D eigenvalue weighted by Crippen LogP contribution is -2.04. The predicted octanol–water partition coefficient (Wildman–Crippen LogP) is 3.60. The van der Waals surface area contributed by atoms with Gasteiger partial charge in [-0.1, -0.05) is 30.3 Å². The summed E-state index contributed by atoms with van der Waals surface area (Å²) in [6, 6.07) is 9.85. The molecule has 0 aliphatic heterocycles. The Morgan fingerprint density at radius 1 is 1.28 bits per heavy atom. The molecular formula is C14H14O3S. The lowest BCUT2D eigenvalue weighted by Gasteiger charge is -2.05. The quantitative estimate of drug-likeness (QED) is 0.790. The molecule has 0 bridgehead atoms. The molecule has 2 rings (SSSR count). The van der Waals surface area contributed by atoms with Crippen molar-refractivity contribution in [3.8, 4) is 16.2 Å². The van der Waals surface area contributed by atoms with Gasteiger partial charge in [-0.25, -0.2) is 4.79 Å². The zero-order valence-electron chi connectivity index (χ0n) is 10.3. The summed E-state index contributed by atoms with van der Waals surface area (Å²) >= 11 is 1.48. The van der Waals surface area contributed by atoms with Crippen LogP contribution in [0.1, 0.15) is 17.3 Å². The zero-order valence-corrected chi connectivity index (χ0v) is 11.1. The number of methoxy groups -OCH3 is 1. The lowest BCUT2D eigenvalue weighted by atomic mass is 10.1. The van der Waals surface area contributed by atoms with E-state index < -0.39 is 0 Å². The number of hydrogen-bond acceptors (Lipinski definition) is 4. The average Bonchev–Trinajstić information content (AvgIpc) is 2.83. The molecular weight excluding hydrogens is 248 g/mol. The topological polar surface area (TPSA) is 35.5 Å². The maximum Gasteiger partial charge on any atom is 0.342 e. The van der Waals surface area contributed by atoms with Crippen molar-refractivity contribution in [2.75, 3.05) is 13.7 Å². The largest absolute Gasteiger partial charge is 0.494 e. The standard InChI is InChI=1S/C14H14O3S/c1-3-17-14(15)11-9-18-13(12(11)16-2)10-7-5-4-6-8-10/h4-9H,3H2,1-2H3. The number of ether oxygens (including phenoxy) is 2. The summed E-state index contributed by atoms with van der Waals surface area (Å²) in [7, 11) is 1.57. The minimum absolute atomic E-state index is 0.340. The van der Waals surface area contributed by atoms with Crippen LogP contribution in [0.3, 0.4) is 0 Å². The fourth-order valence-electron chi connectivity index (χ4n) is 1.69. The number of esters is 1. The summed E-state index contributed by atoms with van der Waals surface area (Å²) in [6.45, 7) is 2.15. The van der Waals surface area contributed by atoms with Crippen LogP contribution in [0.2, 0.25) is 0 Å². The van der Waals surface area contributed by atoms with E-state index in [4.69, 9.17) is 9.47 Å². The molecule has 0 aliphatic rings. The van der Waals surface area contributed by atoms with Gasteiger partial charge in [-0.3, -0.25) is 0 Å². The van der Waals surface area contributed by atoms with Crippen LogP contribution < -0.4 is 4.74 Å². The molecule has 1 aromatic heterocycles. The van der Waals surface area contributed by atoms with E-state index in [0.29, 0.717) is 17.9 Å². The third-order valence-electron chi connectivity index (χ3n) is 2.48. The molecule has 0 saturated heterocycles. The molecule has 0 unspecified atom stereocenters. The van der Waals surface area contributed by atoms with Crippen molar-refractivity contribution >= 4 is 17.3 Å². The number of rotatable bonds is 4. The molecule has 0 amide bonds. The Labute approximate surface area is 110 Å². The van der Waals surface area contributed by atoms with Crippen molar-refractivity contribution in [1.82, 2.24) is 0 Å². The Balaban J connectivity index is 2.42. The normalized spacial score (nSPS) is 10.1.